The molecule has 0 saturated carbocycles. The zero-order chi connectivity index (χ0) is 17.1. The maximum Gasteiger partial charge on any atom is 0.270 e. The molecule has 1 amide bonds. The highest BCUT2D eigenvalue weighted by Gasteiger charge is 2.33. The maximum atomic E-state index is 13.0. The van der Waals surface area contributed by atoms with Crippen LogP contribution in [0.15, 0.2) is 53.4 Å². The smallest absolute Gasteiger partial charge is 0.270 e. The highest BCUT2D eigenvalue weighted by Crippen LogP contribution is 2.36. The van der Waals surface area contributed by atoms with Crippen LogP contribution in [-0.4, -0.2) is 16.8 Å². The molecule has 6 heteroatoms. The van der Waals surface area contributed by atoms with Gasteiger partial charge in [0.15, 0.2) is 4.32 Å². The fraction of sp³-hybridized carbons (Fsp3) is 0.111. The van der Waals surface area contributed by atoms with Crippen molar-refractivity contribution in [1.82, 2.24) is 0 Å². The van der Waals surface area contributed by atoms with Crippen molar-refractivity contribution >= 4 is 46.0 Å². The maximum absolute atomic E-state index is 13.0. The van der Waals surface area contributed by atoms with E-state index in [1.807, 2.05) is 6.92 Å². The van der Waals surface area contributed by atoms with E-state index >= 15 is 0 Å². The fourth-order valence-corrected chi connectivity index (χ4v) is 3.56. The van der Waals surface area contributed by atoms with Crippen molar-refractivity contribution in [2.45, 2.75) is 6.92 Å². The van der Waals surface area contributed by atoms with Crippen LogP contribution in [0.2, 0.25) is 0 Å². The van der Waals surface area contributed by atoms with Gasteiger partial charge in [-0.15, -0.1) is 0 Å². The summed E-state index contributed by atoms with van der Waals surface area (Å²) in [5.41, 5.74) is 1.45. The van der Waals surface area contributed by atoms with E-state index in [1.54, 1.807) is 42.5 Å². The summed E-state index contributed by atoms with van der Waals surface area (Å²) in [4.78, 5) is 14.6. The molecule has 122 valence electrons. The lowest BCUT2D eigenvalue weighted by molar-refractivity contribution is -0.113. The Morgan fingerprint density at radius 1 is 1.17 bits per heavy atom. The summed E-state index contributed by atoms with van der Waals surface area (Å²) in [5.74, 6) is 0.251. The Kier molecular flexibility index (Phi) is 4.97. The lowest BCUT2D eigenvalue weighted by atomic mass is 10.2. The highest BCUT2D eigenvalue weighted by molar-refractivity contribution is 8.27. The standard InChI is InChI=1S/C18H14FNO2S2/c1-2-22-15-9-7-14(8-10-15)20-17(21)16(24-18(20)23)11-12-3-5-13(19)6-4-12/h3-11H,2H2,1H3/b16-11+. The molecule has 0 atom stereocenters. The van der Waals surface area contributed by atoms with E-state index < -0.39 is 0 Å². The number of carbonyl (C=O) groups excluding carboxylic acids is 1. The topological polar surface area (TPSA) is 29.5 Å². The van der Waals surface area contributed by atoms with E-state index in [0.717, 1.165) is 11.3 Å². The monoisotopic (exact) mass is 359 g/mol. The summed E-state index contributed by atoms with van der Waals surface area (Å²) < 4.78 is 18.9. The Bertz CT molecular complexity index is 801. The number of carbonyl (C=O) groups is 1. The number of anilines is 1. The largest absolute Gasteiger partial charge is 0.494 e. The van der Waals surface area contributed by atoms with E-state index in [2.05, 4.69) is 0 Å². The summed E-state index contributed by atoms with van der Waals surface area (Å²) in [6, 6.07) is 13.2. The second kappa shape index (κ2) is 7.15. The van der Waals surface area contributed by atoms with Crippen molar-refractivity contribution < 1.29 is 13.9 Å². The van der Waals surface area contributed by atoms with Gasteiger partial charge in [0.1, 0.15) is 11.6 Å². The van der Waals surface area contributed by atoms with Crippen LogP contribution in [0.25, 0.3) is 6.08 Å². The van der Waals surface area contributed by atoms with Gasteiger partial charge in [0, 0.05) is 0 Å². The van der Waals surface area contributed by atoms with Gasteiger partial charge in [-0.3, -0.25) is 9.69 Å². The van der Waals surface area contributed by atoms with Gasteiger partial charge >= 0.3 is 0 Å². The van der Waals surface area contributed by atoms with Crippen molar-refractivity contribution in [3.8, 4) is 5.75 Å². The van der Waals surface area contributed by atoms with Gasteiger partial charge < -0.3 is 4.74 Å². The number of hydrogen-bond donors (Lipinski definition) is 0. The fourth-order valence-electron chi connectivity index (χ4n) is 2.26. The third-order valence-corrected chi connectivity index (χ3v) is 4.67. The second-order valence-electron chi connectivity index (χ2n) is 5.00. The average Bonchev–Trinajstić information content (AvgIpc) is 2.85. The molecule has 24 heavy (non-hydrogen) atoms. The van der Waals surface area contributed by atoms with E-state index in [1.165, 1.54) is 28.8 Å². The van der Waals surface area contributed by atoms with Gasteiger partial charge in [-0.1, -0.05) is 36.1 Å². The van der Waals surface area contributed by atoms with Crippen LogP contribution in [0.1, 0.15) is 12.5 Å². The lowest BCUT2D eigenvalue weighted by Gasteiger charge is -2.15. The number of amides is 1. The first-order valence-electron chi connectivity index (χ1n) is 7.35. The van der Waals surface area contributed by atoms with Crippen LogP contribution in [0.4, 0.5) is 10.1 Å². The predicted octanol–water partition coefficient (Wildman–Crippen LogP) is 4.63. The molecule has 0 aliphatic carbocycles. The highest BCUT2D eigenvalue weighted by atomic mass is 32.2. The molecule has 0 bridgehead atoms. The molecule has 2 aromatic carbocycles. The Morgan fingerprint density at radius 2 is 1.83 bits per heavy atom. The molecule has 1 aliphatic rings. The molecule has 0 N–H and O–H groups in total. The third kappa shape index (κ3) is 3.49. The van der Waals surface area contributed by atoms with E-state index in [-0.39, 0.29) is 11.7 Å². The van der Waals surface area contributed by atoms with Gasteiger partial charge in [0.2, 0.25) is 0 Å². The Labute approximate surface area is 149 Å². The molecule has 1 aliphatic heterocycles. The van der Waals surface area contributed by atoms with Crippen molar-refractivity contribution in [3.63, 3.8) is 0 Å². The van der Waals surface area contributed by atoms with Gasteiger partial charge in [-0.05, 0) is 55.0 Å². The van der Waals surface area contributed by atoms with Crippen molar-refractivity contribution in [1.29, 1.82) is 0 Å². The summed E-state index contributed by atoms with van der Waals surface area (Å²) in [6.45, 7) is 2.50. The Hall–Kier alpha value is -2.18. The van der Waals surface area contributed by atoms with Gasteiger partial charge in [0.05, 0.1) is 17.2 Å². The van der Waals surface area contributed by atoms with Gasteiger partial charge in [-0.2, -0.15) is 0 Å². The Balaban J connectivity index is 1.84. The molecule has 0 spiro atoms. The minimum absolute atomic E-state index is 0.182. The van der Waals surface area contributed by atoms with Crippen molar-refractivity contribution in [3.05, 3.63) is 64.8 Å². The van der Waals surface area contributed by atoms with Crippen molar-refractivity contribution in [2.24, 2.45) is 0 Å². The van der Waals surface area contributed by atoms with Crippen LogP contribution in [-0.2, 0) is 4.79 Å². The molecule has 2 aromatic rings. The van der Waals surface area contributed by atoms with Crippen molar-refractivity contribution in [2.75, 3.05) is 11.5 Å². The number of hydrogen-bond acceptors (Lipinski definition) is 4. The van der Waals surface area contributed by atoms with E-state index in [4.69, 9.17) is 17.0 Å². The number of benzene rings is 2. The lowest BCUT2D eigenvalue weighted by Crippen LogP contribution is -2.27. The van der Waals surface area contributed by atoms with E-state index in [0.29, 0.717) is 21.5 Å². The summed E-state index contributed by atoms with van der Waals surface area (Å²) in [5, 5.41) is 0. The van der Waals surface area contributed by atoms with Crippen LogP contribution in [0, 0.1) is 5.82 Å². The average molecular weight is 359 g/mol. The SMILES string of the molecule is CCOc1ccc(N2C(=O)/C(=C\c3ccc(F)cc3)SC2=S)cc1. The molecule has 3 nitrogen and oxygen atoms in total. The zero-order valence-electron chi connectivity index (χ0n) is 12.9. The van der Waals surface area contributed by atoms with E-state index in [9.17, 15) is 9.18 Å². The molecule has 0 radical (unpaired) electrons. The summed E-state index contributed by atoms with van der Waals surface area (Å²) in [7, 11) is 0. The van der Waals surface area contributed by atoms with Crippen LogP contribution in [0.3, 0.4) is 0 Å². The van der Waals surface area contributed by atoms with Gasteiger partial charge in [-0.25, -0.2) is 4.39 Å². The first-order valence-corrected chi connectivity index (χ1v) is 8.57. The second-order valence-corrected chi connectivity index (χ2v) is 6.67. The molecule has 0 unspecified atom stereocenters. The minimum Gasteiger partial charge on any atom is -0.494 e. The van der Waals surface area contributed by atoms with Crippen LogP contribution in [0.5, 0.6) is 5.75 Å². The van der Waals surface area contributed by atoms with Gasteiger partial charge in [0.25, 0.3) is 5.91 Å². The molecule has 0 aromatic heterocycles. The number of rotatable bonds is 4. The van der Waals surface area contributed by atoms with Crippen LogP contribution < -0.4 is 9.64 Å². The quantitative estimate of drug-likeness (QED) is 0.588. The molecule has 1 saturated heterocycles. The summed E-state index contributed by atoms with van der Waals surface area (Å²) in [6.07, 6.45) is 1.72. The molecule has 1 heterocycles. The number of ether oxygens (including phenoxy) is 1. The summed E-state index contributed by atoms with van der Waals surface area (Å²) >= 11 is 6.57. The minimum atomic E-state index is -0.311. The molecule has 3 rings (SSSR count). The molecular formula is C18H14FNO2S2. The molecule has 1 fully saturated rings. The number of nitrogens with zero attached hydrogens (tertiary/aromatic N) is 1. The number of halogens is 1. The predicted molar refractivity (Wildman–Crippen MR) is 99.7 cm³/mol. The third-order valence-electron chi connectivity index (χ3n) is 3.37. The zero-order valence-corrected chi connectivity index (χ0v) is 14.5. The number of thiocarbonyl (C=S) groups is 1. The first kappa shape index (κ1) is 16.7. The normalized spacial score (nSPS) is 16.1. The number of thioether (sulfide) groups is 1. The molecular weight excluding hydrogens is 345 g/mol. The van der Waals surface area contributed by atoms with Crippen LogP contribution >= 0.6 is 24.0 Å². The Morgan fingerprint density at radius 3 is 2.46 bits per heavy atom. The first-order chi connectivity index (χ1) is 11.6.